The van der Waals surface area contributed by atoms with Crippen LogP contribution in [-0.4, -0.2) is 5.91 Å². The lowest BCUT2D eigenvalue weighted by molar-refractivity contribution is 0.0951. The Labute approximate surface area is 121 Å². The molecule has 98 valence electrons. The van der Waals surface area contributed by atoms with Crippen molar-refractivity contribution >= 4 is 27.5 Å². The average molecular weight is 319 g/mol. The monoisotopic (exact) mass is 318 g/mol. The van der Waals surface area contributed by atoms with Gasteiger partial charge < -0.3 is 11.1 Å². The number of rotatable bonds is 3. The van der Waals surface area contributed by atoms with Gasteiger partial charge in [0.15, 0.2) is 0 Å². The van der Waals surface area contributed by atoms with E-state index in [4.69, 9.17) is 5.73 Å². The van der Waals surface area contributed by atoms with Gasteiger partial charge in [0.05, 0.1) is 5.56 Å². The number of benzene rings is 2. The van der Waals surface area contributed by atoms with E-state index in [1.165, 1.54) is 0 Å². The van der Waals surface area contributed by atoms with E-state index in [1.54, 1.807) is 6.07 Å². The Kier molecular flexibility index (Phi) is 4.22. The summed E-state index contributed by atoms with van der Waals surface area (Å²) in [5.41, 5.74) is 8.82. The van der Waals surface area contributed by atoms with Gasteiger partial charge in [-0.2, -0.15) is 0 Å². The maximum Gasteiger partial charge on any atom is 0.253 e. The number of nitrogens with two attached hydrogens (primary N) is 1. The molecule has 0 saturated carbocycles. The fourth-order valence-electron chi connectivity index (χ4n) is 1.92. The Bertz CT molecular complexity index is 591. The molecule has 0 spiro atoms. The minimum Gasteiger partial charge on any atom is -0.398 e. The van der Waals surface area contributed by atoms with Crippen LogP contribution in [0.1, 0.15) is 21.5 Å². The van der Waals surface area contributed by atoms with E-state index in [2.05, 4.69) is 21.2 Å². The van der Waals surface area contributed by atoms with Crippen molar-refractivity contribution in [3.63, 3.8) is 0 Å². The summed E-state index contributed by atoms with van der Waals surface area (Å²) in [4.78, 5) is 12.1. The third-order valence-corrected chi connectivity index (χ3v) is 3.37. The summed E-state index contributed by atoms with van der Waals surface area (Å²) < 4.78 is 0.995. The quantitative estimate of drug-likeness (QED) is 0.853. The second kappa shape index (κ2) is 5.89. The van der Waals surface area contributed by atoms with Crippen LogP contribution in [0.15, 0.2) is 46.9 Å². The van der Waals surface area contributed by atoms with E-state index in [0.717, 1.165) is 15.6 Å². The predicted octanol–water partition coefficient (Wildman–Crippen LogP) is 3.27. The molecular formula is C15H15BrN2O. The van der Waals surface area contributed by atoms with E-state index >= 15 is 0 Å². The highest BCUT2D eigenvalue weighted by Gasteiger charge is 2.11. The molecule has 3 N–H and O–H groups in total. The van der Waals surface area contributed by atoms with Gasteiger partial charge in [-0.3, -0.25) is 4.79 Å². The predicted molar refractivity (Wildman–Crippen MR) is 80.9 cm³/mol. The highest BCUT2D eigenvalue weighted by atomic mass is 79.9. The van der Waals surface area contributed by atoms with Crippen LogP contribution in [0.4, 0.5) is 5.69 Å². The number of nitrogens with one attached hydrogen (secondary N) is 1. The van der Waals surface area contributed by atoms with Gasteiger partial charge in [0.2, 0.25) is 0 Å². The van der Waals surface area contributed by atoms with Crippen LogP contribution in [0.3, 0.4) is 0 Å². The second-order valence-corrected chi connectivity index (χ2v) is 5.27. The molecule has 2 aromatic carbocycles. The summed E-state index contributed by atoms with van der Waals surface area (Å²) in [7, 11) is 0. The van der Waals surface area contributed by atoms with E-state index in [0.29, 0.717) is 17.8 Å². The lowest BCUT2D eigenvalue weighted by atomic mass is 10.1. The minimum atomic E-state index is -0.143. The maximum atomic E-state index is 12.1. The van der Waals surface area contributed by atoms with E-state index < -0.39 is 0 Å². The molecule has 0 fully saturated rings. The van der Waals surface area contributed by atoms with Gasteiger partial charge in [-0.25, -0.2) is 0 Å². The van der Waals surface area contributed by atoms with Crippen molar-refractivity contribution in [2.75, 3.05) is 5.73 Å². The summed E-state index contributed by atoms with van der Waals surface area (Å²) in [5.74, 6) is -0.143. The molecule has 1 amide bonds. The number of carbonyl (C=O) groups excluding carboxylic acids is 1. The Morgan fingerprint density at radius 2 is 2.00 bits per heavy atom. The number of hydrogen-bond donors (Lipinski definition) is 2. The number of carbonyl (C=O) groups is 1. The third-order valence-electron chi connectivity index (χ3n) is 2.87. The average Bonchev–Trinajstić information content (AvgIpc) is 2.36. The van der Waals surface area contributed by atoms with Crippen LogP contribution in [-0.2, 0) is 6.54 Å². The number of anilines is 1. The molecule has 0 aromatic heterocycles. The molecule has 19 heavy (non-hydrogen) atoms. The summed E-state index contributed by atoms with van der Waals surface area (Å²) >= 11 is 3.40. The van der Waals surface area contributed by atoms with E-state index in [1.807, 2.05) is 43.3 Å². The van der Waals surface area contributed by atoms with Gasteiger partial charge in [0.25, 0.3) is 5.91 Å². The van der Waals surface area contributed by atoms with Gasteiger partial charge >= 0.3 is 0 Å². The van der Waals surface area contributed by atoms with Crippen molar-refractivity contribution < 1.29 is 4.79 Å². The van der Waals surface area contributed by atoms with E-state index in [-0.39, 0.29) is 5.91 Å². The Morgan fingerprint density at radius 3 is 2.68 bits per heavy atom. The summed E-state index contributed by atoms with van der Waals surface area (Å²) in [6, 6.07) is 13.3. The second-order valence-electron chi connectivity index (χ2n) is 4.35. The Balaban J connectivity index is 2.10. The topological polar surface area (TPSA) is 55.1 Å². The molecule has 3 nitrogen and oxygen atoms in total. The number of nitrogen functional groups attached to an aromatic ring is 1. The third kappa shape index (κ3) is 3.35. The molecule has 2 rings (SSSR count). The molecule has 0 aliphatic carbocycles. The molecule has 0 aliphatic heterocycles. The summed E-state index contributed by atoms with van der Waals surface area (Å²) in [5, 5.41) is 2.88. The highest BCUT2D eigenvalue weighted by molar-refractivity contribution is 9.10. The lowest BCUT2D eigenvalue weighted by Crippen LogP contribution is -2.24. The highest BCUT2D eigenvalue weighted by Crippen LogP contribution is 2.16. The first-order valence-electron chi connectivity index (χ1n) is 5.95. The summed E-state index contributed by atoms with van der Waals surface area (Å²) in [6.45, 7) is 2.36. The lowest BCUT2D eigenvalue weighted by Gasteiger charge is -2.10. The van der Waals surface area contributed by atoms with E-state index in [9.17, 15) is 4.79 Å². The number of halogens is 1. The molecule has 2 aromatic rings. The van der Waals surface area contributed by atoms with Gasteiger partial charge in [-0.1, -0.05) is 40.2 Å². The van der Waals surface area contributed by atoms with Crippen molar-refractivity contribution in [3.8, 4) is 0 Å². The first-order valence-corrected chi connectivity index (χ1v) is 6.75. The minimum absolute atomic E-state index is 0.143. The van der Waals surface area contributed by atoms with Crippen molar-refractivity contribution in [2.45, 2.75) is 13.5 Å². The number of aryl methyl sites for hydroxylation is 1. The normalized spacial score (nSPS) is 10.2. The van der Waals surface area contributed by atoms with Gasteiger partial charge in [-0.15, -0.1) is 0 Å². The molecule has 4 heteroatoms. The van der Waals surface area contributed by atoms with Crippen molar-refractivity contribution in [3.05, 3.63) is 63.6 Å². The van der Waals surface area contributed by atoms with Crippen LogP contribution in [0.25, 0.3) is 0 Å². The molecule has 0 bridgehead atoms. The standard InChI is InChI=1S/C15H15BrN2O/c1-10-4-2-7-13(17)14(10)15(19)18-9-11-5-3-6-12(16)8-11/h2-8H,9,17H2,1H3,(H,18,19). The van der Waals surface area contributed by atoms with Gasteiger partial charge in [0, 0.05) is 16.7 Å². The van der Waals surface area contributed by atoms with Crippen LogP contribution >= 0.6 is 15.9 Å². The largest absolute Gasteiger partial charge is 0.398 e. The molecule has 0 unspecified atom stereocenters. The zero-order valence-corrected chi connectivity index (χ0v) is 12.2. The fraction of sp³-hybridized carbons (Fsp3) is 0.133. The fourth-order valence-corrected chi connectivity index (χ4v) is 2.36. The van der Waals surface area contributed by atoms with Crippen molar-refractivity contribution in [1.29, 1.82) is 0 Å². The van der Waals surface area contributed by atoms with Gasteiger partial charge in [0.1, 0.15) is 0 Å². The van der Waals surface area contributed by atoms with Crippen LogP contribution in [0, 0.1) is 6.92 Å². The first kappa shape index (κ1) is 13.6. The molecule has 0 atom stereocenters. The maximum absolute atomic E-state index is 12.1. The molecule has 0 heterocycles. The van der Waals surface area contributed by atoms with Gasteiger partial charge in [-0.05, 0) is 36.2 Å². The first-order chi connectivity index (χ1) is 9.08. The van der Waals surface area contributed by atoms with Crippen molar-refractivity contribution in [2.24, 2.45) is 0 Å². The number of hydrogen-bond acceptors (Lipinski definition) is 2. The molecule has 0 radical (unpaired) electrons. The zero-order valence-electron chi connectivity index (χ0n) is 10.6. The SMILES string of the molecule is Cc1cccc(N)c1C(=O)NCc1cccc(Br)c1. The van der Waals surface area contributed by atoms with Crippen LogP contribution < -0.4 is 11.1 Å². The molecule has 0 saturated heterocycles. The molecule has 0 aliphatic rings. The summed E-state index contributed by atoms with van der Waals surface area (Å²) in [6.07, 6.45) is 0. The number of amides is 1. The Morgan fingerprint density at radius 1 is 1.26 bits per heavy atom. The van der Waals surface area contributed by atoms with Crippen LogP contribution in [0.5, 0.6) is 0 Å². The van der Waals surface area contributed by atoms with Crippen LogP contribution in [0.2, 0.25) is 0 Å². The van der Waals surface area contributed by atoms with Crippen molar-refractivity contribution in [1.82, 2.24) is 5.32 Å². The Hall–Kier alpha value is -1.81. The zero-order chi connectivity index (χ0) is 13.8. The molecular weight excluding hydrogens is 304 g/mol. The smallest absolute Gasteiger partial charge is 0.253 e.